The van der Waals surface area contributed by atoms with Crippen LogP contribution in [0.5, 0.6) is 0 Å². The third-order valence-electron chi connectivity index (χ3n) is 10.1. The molecular weight excluding hydrogens is 730 g/mol. The molecule has 282 valence electrons. The molecule has 4 unspecified atom stereocenters. The molecule has 0 saturated carbocycles. The third kappa shape index (κ3) is 8.23. The number of nitrogens with one attached hydrogen (secondary N) is 3. The second-order valence-corrected chi connectivity index (χ2v) is 25.9. The number of rotatable bonds is 9. The maximum absolute atomic E-state index is 15.7. The lowest BCUT2D eigenvalue weighted by Crippen LogP contribution is -2.53. The predicted octanol–water partition coefficient (Wildman–Crippen LogP) is 8.30. The van der Waals surface area contributed by atoms with Gasteiger partial charge in [0.1, 0.15) is 29.5 Å². The SMILES string of the molecule is CC1OC(n2cc(F)c(NC(=O)Nc3cnn4ccc(Nc5ccc(F)c(Cl)c5)nc34)nc2=O)C(O[Si](C)(C)C(C)(C)C)C1O[Si](C)(C)C(C)(C)C. The molecule has 1 aromatic carbocycles. The van der Waals surface area contributed by atoms with Gasteiger partial charge in [0.05, 0.1) is 23.5 Å². The highest BCUT2D eigenvalue weighted by Crippen LogP contribution is 2.45. The highest BCUT2D eigenvalue weighted by molar-refractivity contribution is 6.74. The average Bonchev–Trinajstić information content (AvgIpc) is 3.54. The molecule has 2 amide bonds. The lowest BCUT2D eigenvalue weighted by molar-refractivity contribution is -0.0315. The smallest absolute Gasteiger partial charge is 0.351 e. The zero-order chi connectivity index (χ0) is 38.6. The van der Waals surface area contributed by atoms with Crippen molar-refractivity contribution in [1.82, 2.24) is 24.1 Å². The van der Waals surface area contributed by atoms with Crippen LogP contribution in [0.25, 0.3) is 5.65 Å². The molecule has 0 bridgehead atoms. The van der Waals surface area contributed by atoms with E-state index in [4.69, 9.17) is 25.2 Å². The highest BCUT2D eigenvalue weighted by Gasteiger charge is 2.53. The van der Waals surface area contributed by atoms with Crippen LogP contribution in [0.1, 0.15) is 54.7 Å². The maximum Gasteiger partial charge on any atom is 0.351 e. The van der Waals surface area contributed by atoms with Gasteiger partial charge in [-0.3, -0.25) is 9.88 Å². The van der Waals surface area contributed by atoms with E-state index in [1.807, 2.05) is 6.92 Å². The van der Waals surface area contributed by atoms with E-state index in [1.165, 1.54) is 28.9 Å². The number of halogens is 3. The molecule has 1 aliphatic rings. The van der Waals surface area contributed by atoms with Crippen LogP contribution in [0.4, 0.5) is 36.6 Å². The molecule has 1 saturated heterocycles. The van der Waals surface area contributed by atoms with E-state index < -0.39 is 70.3 Å². The number of benzene rings is 1. The summed E-state index contributed by atoms with van der Waals surface area (Å²) in [6.45, 7) is 23.1. The van der Waals surface area contributed by atoms with Crippen LogP contribution >= 0.6 is 11.6 Å². The van der Waals surface area contributed by atoms with Crippen LogP contribution in [0.15, 0.2) is 47.7 Å². The number of ether oxygens (including phenoxy) is 1. The predicted molar refractivity (Wildman–Crippen MR) is 203 cm³/mol. The first kappa shape index (κ1) is 39.5. The fourth-order valence-corrected chi connectivity index (χ4v) is 7.90. The van der Waals surface area contributed by atoms with Gasteiger partial charge in [-0.2, -0.15) is 10.1 Å². The largest absolute Gasteiger partial charge is 0.409 e. The molecule has 3 N–H and O–H groups in total. The molecule has 0 aliphatic carbocycles. The number of carbonyl (C=O) groups excluding carboxylic acids is 1. The van der Waals surface area contributed by atoms with Crippen molar-refractivity contribution in [1.29, 1.82) is 0 Å². The fourth-order valence-electron chi connectivity index (χ4n) is 5.07. The summed E-state index contributed by atoms with van der Waals surface area (Å²) in [6.07, 6.45) is 1.15. The summed E-state index contributed by atoms with van der Waals surface area (Å²) in [4.78, 5) is 34.9. The summed E-state index contributed by atoms with van der Waals surface area (Å²) in [7, 11) is -4.79. The van der Waals surface area contributed by atoms with Crippen molar-refractivity contribution in [3.05, 3.63) is 70.0 Å². The van der Waals surface area contributed by atoms with Gasteiger partial charge < -0.3 is 24.2 Å². The van der Waals surface area contributed by atoms with Gasteiger partial charge in [0.2, 0.25) is 0 Å². The molecule has 13 nitrogen and oxygen atoms in total. The van der Waals surface area contributed by atoms with E-state index in [2.05, 4.69) is 98.7 Å². The molecule has 18 heteroatoms. The van der Waals surface area contributed by atoms with Crippen LogP contribution in [-0.4, -0.2) is 65.1 Å². The van der Waals surface area contributed by atoms with Crippen LogP contribution < -0.4 is 21.6 Å². The molecular formula is C34H47ClF2N8O5Si2. The Morgan fingerprint density at radius 3 is 2.19 bits per heavy atom. The molecule has 1 fully saturated rings. The van der Waals surface area contributed by atoms with Crippen molar-refractivity contribution in [2.45, 2.75) is 109 Å². The minimum absolute atomic E-state index is 0.0626. The van der Waals surface area contributed by atoms with Gasteiger partial charge in [0, 0.05) is 11.9 Å². The lowest BCUT2D eigenvalue weighted by atomic mass is 10.1. The van der Waals surface area contributed by atoms with E-state index in [-0.39, 0.29) is 26.4 Å². The summed E-state index contributed by atoms with van der Waals surface area (Å²) in [5, 5.41) is 11.7. The van der Waals surface area contributed by atoms with Crippen molar-refractivity contribution in [3.8, 4) is 0 Å². The minimum Gasteiger partial charge on any atom is -0.409 e. The topological polar surface area (TPSA) is 146 Å². The third-order valence-corrected chi connectivity index (χ3v) is 19.4. The van der Waals surface area contributed by atoms with Gasteiger partial charge in [0.25, 0.3) is 0 Å². The summed E-state index contributed by atoms with van der Waals surface area (Å²) < 4.78 is 51.9. The maximum atomic E-state index is 15.7. The summed E-state index contributed by atoms with van der Waals surface area (Å²) in [5.74, 6) is -1.76. The number of urea groups is 1. The van der Waals surface area contributed by atoms with E-state index in [9.17, 15) is 14.0 Å². The monoisotopic (exact) mass is 776 g/mol. The van der Waals surface area contributed by atoms with Crippen molar-refractivity contribution < 1.29 is 27.2 Å². The second kappa shape index (κ2) is 14.2. The van der Waals surface area contributed by atoms with E-state index in [0.717, 1.165) is 10.8 Å². The van der Waals surface area contributed by atoms with E-state index in [1.54, 1.807) is 12.3 Å². The first-order valence-corrected chi connectivity index (χ1v) is 23.1. The van der Waals surface area contributed by atoms with Gasteiger partial charge in [-0.15, -0.1) is 0 Å². The lowest BCUT2D eigenvalue weighted by Gasteiger charge is -2.44. The Bertz CT molecular complexity index is 2030. The zero-order valence-electron chi connectivity index (χ0n) is 31.3. The summed E-state index contributed by atoms with van der Waals surface area (Å²) >= 11 is 5.89. The number of anilines is 4. The molecule has 3 aromatic heterocycles. The number of hydrogen-bond donors (Lipinski definition) is 3. The summed E-state index contributed by atoms with van der Waals surface area (Å²) in [6, 6.07) is 4.84. The number of carbonyl (C=O) groups is 1. The highest BCUT2D eigenvalue weighted by atomic mass is 35.5. The van der Waals surface area contributed by atoms with Crippen LogP contribution in [-0.2, 0) is 13.6 Å². The van der Waals surface area contributed by atoms with Gasteiger partial charge in [-0.1, -0.05) is 53.1 Å². The van der Waals surface area contributed by atoms with Gasteiger partial charge >= 0.3 is 11.7 Å². The Labute approximate surface area is 308 Å². The standard InChI is InChI=1S/C34H47ClF2N8O5Si2/c1-19-26(49-51(8,9)33(2,3)4)27(50-52(10,11)34(5,6)7)30(48-19)44-18-23(37)28(43-32(44)47)42-31(46)40-24-17-38-45-15-14-25(41-29(24)45)39-20-12-13-22(36)21(35)16-20/h12-19,26-27,30H,1-11H3,(H,39,41)(H2,40,42,43,46,47). The van der Waals surface area contributed by atoms with Gasteiger partial charge in [0.15, 0.2) is 40.1 Å². The Morgan fingerprint density at radius 1 is 0.942 bits per heavy atom. The number of aromatic nitrogens is 5. The normalized spacial score (nSPS) is 20.0. The van der Waals surface area contributed by atoms with Crippen LogP contribution in [0.2, 0.25) is 41.3 Å². The van der Waals surface area contributed by atoms with Gasteiger partial charge in [-0.05, 0) is 67.5 Å². The molecule has 1 aliphatic heterocycles. The molecule has 4 heterocycles. The van der Waals surface area contributed by atoms with Crippen LogP contribution in [0.3, 0.4) is 0 Å². The Hall–Kier alpha value is -3.75. The molecule has 0 radical (unpaired) electrons. The van der Waals surface area contributed by atoms with Crippen molar-refractivity contribution in [2.75, 3.05) is 16.0 Å². The molecule has 4 atom stereocenters. The first-order valence-electron chi connectivity index (χ1n) is 16.9. The summed E-state index contributed by atoms with van der Waals surface area (Å²) in [5.41, 5.74) is 0.0611. The van der Waals surface area contributed by atoms with Crippen molar-refractivity contribution in [3.63, 3.8) is 0 Å². The van der Waals surface area contributed by atoms with Gasteiger partial charge in [-0.25, -0.2) is 27.9 Å². The van der Waals surface area contributed by atoms with Crippen molar-refractivity contribution >= 4 is 62.9 Å². The number of hydrogen-bond acceptors (Lipinski definition) is 9. The molecule has 4 aromatic rings. The van der Waals surface area contributed by atoms with E-state index >= 15 is 4.39 Å². The molecule has 5 rings (SSSR count). The first-order chi connectivity index (χ1) is 24.0. The minimum atomic E-state index is -2.45. The Morgan fingerprint density at radius 2 is 1.58 bits per heavy atom. The molecule has 52 heavy (non-hydrogen) atoms. The number of fused-ring (bicyclic) bond motifs is 1. The zero-order valence-corrected chi connectivity index (χ0v) is 34.0. The Balaban J connectivity index is 1.38. The second-order valence-electron chi connectivity index (χ2n) is 16.0. The van der Waals surface area contributed by atoms with E-state index in [0.29, 0.717) is 11.5 Å². The quantitative estimate of drug-likeness (QED) is 0.143. The molecule has 0 spiro atoms. The fraction of sp³-hybridized carbons (Fsp3) is 0.500. The van der Waals surface area contributed by atoms with Crippen molar-refractivity contribution in [2.24, 2.45) is 0 Å². The Kier molecular flexibility index (Phi) is 10.8. The van der Waals surface area contributed by atoms with Crippen LogP contribution in [0, 0.1) is 11.6 Å². The average molecular weight is 777 g/mol. The number of nitrogens with zero attached hydrogens (tertiary/aromatic N) is 5. The number of amides is 2.